The lowest BCUT2D eigenvalue weighted by Crippen LogP contribution is -2.41. The second-order valence-corrected chi connectivity index (χ2v) is 11.3. The molecular formula is C33H48O6. The van der Waals surface area contributed by atoms with Gasteiger partial charge >= 0.3 is 11.9 Å². The third-order valence-corrected chi connectivity index (χ3v) is 7.24. The van der Waals surface area contributed by atoms with Crippen molar-refractivity contribution >= 4 is 11.9 Å². The minimum atomic E-state index is -1.23. The first kappa shape index (κ1) is 32.4. The first-order chi connectivity index (χ1) is 18.4. The van der Waals surface area contributed by atoms with Crippen LogP contribution in [0.25, 0.3) is 0 Å². The molecule has 216 valence electrons. The molecule has 1 N–H and O–H groups in total. The molecule has 0 aliphatic carbocycles. The van der Waals surface area contributed by atoms with Crippen LogP contribution in [-0.4, -0.2) is 41.5 Å². The fourth-order valence-corrected chi connectivity index (χ4v) is 4.74. The van der Waals surface area contributed by atoms with Gasteiger partial charge in [-0.05, 0) is 87.6 Å². The van der Waals surface area contributed by atoms with Crippen molar-refractivity contribution in [3.8, 4) is 5.75 Å². The number of carbonyl (C=O) groups is 2. The highest BCUT2D eigenvalue weighted by Gasteiger charge is 2.34. The van der Waals surface area contributed by atoms with E-state index in [2.05, 4.69) is 25.1 Å². The van der Waals surface area contributed by atoms with Crippen LogP contribution in [0, 0.1) is 17.8 Å². The molecule has 1 unspecified atom stereocenters. The monoisotopic (exact) mass is 540 g/mol. The molecule has 0 saturated heterocycles. The summed E-state index contributed by atoms with van der Waals surface area (Å²) < 4.78 is 17.0. The Bertz CT molecular complexity index is 1020. The highest BCUT2D eigenvalue weighted by Crippen LogP contribution is 2.28. The molecule has 1 aromatic carbocycles. The van der Waals surface area contributed by atoms with E-state index in [-0.39, 0.29) is 24.2 Å². The maximum Gasteiger partial charge on any atom is 0.306 e. The van der Waals surface area contributed by atoms with Gasteiger partial charge in [0.15, 0.2) is 0 Å². The summed E-state index contributed by atoms with van der Waals surface area (Å²) in [6.07, 6.45) is 11.8. The van der Waals surface area contributed by atoms with Gasteiger partial charge in [0.1, 0.15) is 23.6 Å². The van der Waals surface area contributed by atoms with Crippen LogP contribution in [0.3, 0.4) is 0 Å². The van der Waals surface area contributed by atoms with E-state index in [9.17, 15) is 14.7 Å². The van der Waals surface area contributed by atoms with Crippen LogP contribution in [-0.2, 0) is 25.5 Å². The summed E-state index contributed by atoms with van der Waals surface area (Å²) in [5, 5.41) is 11.1. The smallest absolute Gasteiger partial charge is 0.306 e. The Morgan fingerprint density at radius 3 is 2.69 bits per heavy atom. The molecule has 6 nitrogen and oxygen atoms in total. The maximum atomic E-state index is 12.8. The Morgan fingerprint density at radius 1 is 1.26 bits per heavy atom. The van der Waals surface area contributed by atoms with Crippen molar-refractivity contribution in [2.75, 3.05) is 6.61 Å². The number of ether oxygens (including phenoxy) is 3. The van der Waals surface area contributed by atoms with Crippen molar-refractivity contribution in [1.29, 1.82) is 0 Å². The lowest BCUT2D eigenvalue weighted by molar-refractivity contribution is -0.156. The number of esters is 2. The van der Waals surface area contributed by atoms with E-state index in [0.717, 1.165) is 24.2 Å². The van der Waals surface area contributed by atoms with E-state index in [1.165, 1.54) is 12.5 Å². The maximum absolute atomic E-state index is 12.8. The van der Waals surface area contributed by atoms with Crippen LogP contribution >= 0.6 is 0 Å². The van der Waals surface area contributed by atoms with Gasteiger partial charge in [0.2, 0.25) is 0 Å². The van der Waals surface area contributed by atoms with E-state index in [4.69, 9.17) is 14.2 Å². The molecule has 6 heteroatoms. The molecule has 0 saturated carbocycles. The summed E-state index contributed by atoms with van der Waals surface area (Å²) in [6, 6.07) is 8.24. The number of hydrogen-bond acceptors (Lipinski definition) is 6. The van der Waals surface area contributed by atoms with Crippen molar-refractivity contribution in [2.24, 2.45) is 17.8 Å². The van der Waals surface area contributed by atoms with E-state index in [1.54, 1.807) is 13.0 Å². The first-order valence-corrected chi connectivity index (χ1v) is 14.2. The Kier molecular flexibility index (Phi) is 13.0. The number of allylic oxidation sites excluding steroid dienone is 3. The average Bonchev–Trinajstić information content (AvgIpc) is 2.86. The molecule has 0 amide bonds. The number of hydrogen-bond donors (Lipinski definition) is 1. The molecule has 1 aromatic rings. The van der Waals surface area contributed by atoms with Gasteiger partial charge in [0, 0.05) is 19.3 Å². The lowest BCUT2D eigenvalue weighted by atomic mass is 9.87. The molecule has 2 rings (SSSR count). The molecular weight excluding hydrogens is 492 g/mol. The fraction of sp³-hybridized carbons (Fsp3) is 0.576. The largest absolute Gasteiger partial charge is 0.494 e. The van der Waals surface area contributed by atoms with E-state index < -0.39 is 23.8 Å². The predicted octanol–water partition coefficient (Wildman–Crippen LogP) is 6.76. The Labute approximate surface area is 235 Å². The van der Waals surface area contributed by atoms with Gasteiger partial charge in [-0.3, -0.25) is 9.59 Å². The summed E-state index contributed by atoms with van der Waals surface area (Å²) in [6.45, 7) is 13.8. The van der Waals surface area contributed by atoms with Crippen LogP contribution < -0.4 is 4.74 Å². The van der Waals surface area contributed by atoms with Gasteiger partial charge < -0.3 is 19.3 Å². The highest BCUT2D eigenvalue weighted by atomic mass is 16.6. The van der Waals surface area contributed by atoms with Gasteiger partial charge in [-0.15, -0.1) is 0 Å². The highest BCUT2D eigenvalue weighted by molar-refractivity contribution is 5.70. The SMILES string of the molecule is CCOc1cccc(CCC(C)/C=C/C=C(\C)[C@H]2OC(=O)C[C@H](C)CC[C@@](C)(O)[C@@H](OC(C)=O)/C=C/[C@@H]2C)c1. The zero-order valence-corrected chi connectivity index (χ0v) is 24.8. The number of benzene rings is 1. The molecule has 1 aliphatic heterocycles. The summed E-state index contributed by atoms with van der Waals surface area (Å²) in [5.41, 5.74) is 0.950. The van der Waals surface area contributed by atoms with Crippen LogP contribution in [0.15, 0.2) is 60.2 Å². The quantitative estimate of drug-likeness (QED) is 0.212. The average molecular weight is 541 g/mol. The van der Waals surface area contributed by atoms with Gasteiger partial charge in [0.05, 0.1) is 6.61 Å². The molecule has 1 aliphatic rings. The van der Waals surface area contributed by atoms with Crippen molar-refractivity contribution in [3.63, 3.8) is 0 Å². The normalized spacial score (nSPS) is 28.6. The second kappa shape index (κ2) is 15.7. The summed E-state index contributed by atoms with van der Waals surface area (Å²) in [7, 11) is 0. The minimum Gasteiger partial charge on any atom is -0.494 e. The molecule has 0 aromatic heterocycles. The molecule has 0 fully saturated rings. The third kappa shape index (κ3) is 11.4. The molecule has 0 radical (unpaired) electrons. The van der Waals surface area contributed by atoms with Crippen molar-refractivity contribution in [1.82, 2.24) is 0 Å². The molecule has 0 bridgehead atoms. The van der Waals surface area contributed by atoms with Gasteiger partial charge in [-0.2, -0.15) is 0 Å². The van der Waals surface area contributed by atoms with E-state index in [1.807, 2.05) is 58.1 Å². The fourth-order valence-electron chi connectivity index (χ4n) is 4.74. The number of aryl methyl sites for hydroxylation is 1. The number of cyclic esters (lactones) is 1. The molecule has 6 atom stereocenters. The topological polar surface area (TPSA) is 82.1 Å². The van der Waals surface area contributed by atoms with Crippen molar-refractivity contribution in [3.05, 3.63) is 65.8 Å². The Hall–Kier alpha value is -2.86. The minimum absolute atomic E-state index is 0.0283. The number of carbonyl (C=O) groups excluding carboxylic acids is 2. The number of aliphatic hydroxyl groups is 1. The number of rotatable bonds is 9. The van der Waals surface area contributed by atoms with Crippen LogP contribution in [0.5, 0.6) is 5.75 Å². The zero-order chi connectivity index (χ0) is 29.0. The van der Waals surface area contributed by atoms with Crippen LogP contribution in [0.4, 0.5) is 0 Å². The lowest BCUT2D eigenvalue weighted by Gasteiger charge is -2.32. The zero-order valence-electron chi connectivity index (χ0n) is 24.8. The second-order valence-electron chi connectivity index (χ2n) is 11.3. The predicted molar refractivity (Wildman–Crippen MR) is 155 cm³/mol. The van der Waals surface area contributed by atoms with Gasteiger partial charge in [0.25, 0.3) is 0 Å². The summed E-state index contributed by atoms with van der Waals surface area (Å²) in [4.78, 5) is 24.5. The summed E-state index contributed by atoms with van der Waals surface area (Å²) in [5.74, 6) is 0.428. The summed E-state index contributed by atoms with van der Waals surface area (Å²) >= 11 is 0. The first-order valence-electron chi connectivity index (χ1n) is 14.2. The standard InChI is InChI=1S/C33H48O6/c1-8-37-29-14-10-13-28(22-29)17-15-23(2)11-9-12-25(4)32-26(5)16-18-30(38-27(6)34)33(7,36)20-19-24(3)21-31(35)39-32/h9-14,16,18,22-24,26,30,32,36H,8,15,17,19-21H2,1-7H3/b11-9+,18-16+,25-12+/t23?,24-,26+,30+,32-,33-/m1/s1. The van der Waals surface area contributed by atoms with Crippen molar-refractivity contribution in [2.45, 2.75) is 98.4 Å². The van der Waals surface area contributed by atoms with Crippen LogP contribution in [0.2, 0.25) is 0 Å². The Morgan fingerprint density at radius 2 is 2.00 bits per heavy atom. The van der Waals surface area contributed by atoms with Gasteiger partial charge in [-0.1, -0.05) is 57.2 Å². The molecule has 39 heavy (non-hydrogen) atoms. The molecule has 1 heterocycles. The Balaban J connectivity index is 2.14. The van der Waals surface area contributed by atoms with Crippen molar-refractivity contribution < 1.29 is 28.9 Å². The van der Waals surface area contributed by atoms with E-state index in [0.29, 0.717) is 25.4 Å². The van der Waals surface area contributed by atoms with Gasteiger partial charge in [-0.25, -0.2) is 0 Å². The third-order valence-electron chi connectivity index (χ3n) is 7.24. The van der Waals surface area contributed by atoms with E-state index >= 15 is 0 Å². The molecule has 0 spiro atoms. The van der Waals surface area contributed by atoms with Crippen LogP contribution in [0.1, 0.15) is 79.7 Å².